The minimum absolute atomic E-state index is 0. The van der Waals surface area contributed by atoms with Crippen LogP contribution in [0.2, 0.25) is 0 Å². The van der Waals surface area contributed by atoms with Crippen LogP contribution < -0.4 is 10.6 Å². The summed E-state index contributed by atoms with van der Waals surface area (Å²) in [5.41, 5.74) is -0.382. The maximum Gasteiger partial charge on any atom is 0.433 e. The Labute approximate surface area is 142 Å². The summed E-state index contributed by atoms with van der Waals surface area (Å²) in [6.07, 6.45) is -2.59. The van der Waals surface area contributed by atoms with Crippen molar-refractivity contribution in [1.29, 1.82) is 0 Å². The van der Waals surface area contributed by atoms with Crippen LogP contribution in [0.1, 0.15) is 22.5 Å². The highest BCUT2D eigenvalue weighted by atomic mass is 35.5. The number of carbonyl (C=O) groups is 1. The molecule has 5 nitrogen and oxygen atoms in total. The number of alkyl halides is 3. The molecule has 0 bridgehead atoms. The molecule has 2 aromatic rings. The fourth-order valence-corrected chi connectivity index (χ4v) is 2.55. The number of halogens is 4. The summed E-state index contributed by atoms with van der Waals surface area (Å²) in [4.78, 5) is 12.2. The molecule has 1 aliphatic rings. The third-order valence-corrected chi connectivity index (χ3v) is 3.68. The van der Waals surface area contributed by atoms with E-state index >= 15 is 0 Å². The Balaban J connectivity index is 0.00000208. The van der Waals surface area contributed by atoms with Gasteiger partial charge in [-0.2, -0.15) is 18.3 Å². The summed E-state index contributed by atoms with van der Waals surface area (Å²) in [6.45, 7) is 1.54. The molecule has 1 aromatic carbocycles. The Morgan fingerprint density at radius 1 is 1.33 bits per heavy atom. The fourth-order valence-electron chi connectivity index (χ4n) is 2.55. The van der Waals surface area contributed by atoms with Crippen molar-refractivity contribution in [2.75, 3.05) is 13.1 Å². The molecule has 0 radical (unpaired) electrons. The van der Waals surface area contributed by atoms with Gasteiger partial charge in [-0.3, -0.25) is 4.79 Å². The Morgan fingerprint density at radius 2 is 2.12 bits per heavy atom. The lowest BCUT2D eigenvalue weighted by atomic mass is 10.1. The van der Waals surface area contributed by atoms with Crippen molar-refractivity contribution in [2.24, 2.45) is 0 Å². The lowest BCUT2D eigenvalue weighted by Crippen LogP contribution is -2.36. The first-order valence-corrected chi connectivity index (χ1v) is 7.18. The molecule has 1 amide bonds. The van der Waals surface area contributed by atoms with E-state index in [2.05, 4.69) is 15.7 Å². The van der Waals surface area contributed by atoms with Gasteiger partial charge in [-0.25, -0.2) is 4.68 Å². The summed E-state index contributed by atoms with van der Waals surface area (Å²) < 4.78 is 39.6. The van der Waals surface area contributed by atoms with E-state index in [0.29, 0.717) is 12.1 Å². The van der Waals surface area contributed by atoms with Gasteiger partial charge in [0.2, 0.25) is 0 Å². The highest BCUT2D eigenvalue weighted by Crippen LogP contribution is 2.30. The highest BCUT2D eigenvalue weighted by molar-refractivity contribution is 5.95. The zero-order valence-corrected chi connectivity index (χ0v) is 13.3. The maximum atomic E-state index is 12.9. The number of amides is 1. The molecule has 24 heavy (non-hydrogen) atoms. The molecule has 9 heteroatoms. The minimum Gasteiger partial charge on any atom is -0.348 e. The van der Waals surface area contributed by atoms with Gasteiger partial charge in [-0.1, -0.05) is 6.07 Å². The molecule has 1 saturated heterocycles. The summed E-state index contributed by atoms with van der Waals surface area (Å²) in [5, 5.41) is 9.70. The predicted molar refractivity (Wildman–Crippen MR) is 84.6 cm³/mol. The molecule has 2 heterocycles. The second-order valence-electron chi connectivity index (χ2n) is 5.34. The zero-order chi connectivity index (χ0) is 16.4. The first kappa shape index (κ1) is 18.3. The van der Waals surface area contributed by atoms with Gasteiger partial charge in [0, 0.05) is 18.2 Å². The van der Waals surface area contributed by atoms with Gasteiger partial charge in [-0.05, 0) is 37.2 Å². The van der Waals surface area contributed by atoms with Crippen LogP contribution in [-0.4, -0.2) is 34.8 Å². The van der Waals surface area contributed by atoms with Crippen LogP contribution in [0.5, 0.6) is 0 Å². The maximum absolute atomic E-state index is 12.9. The Morgan fingerprint density at radius 3 is 2.79 bits per heavy atom. The van der Waals surface area contributed by atoms with Gasteiger partial charge >= 0.3 is 6.18 Å². The second kappa shape index (κ2) is 7.23. The third kappa shape index (κ3) is 3.88. The number of nitrogens with zero attached hydrogens (tertiary/aromatic N) is 2. The van der Waals surface area contributed by atoms with Crippen molar-refractivity contribution in [3.8, 4) is 5.69 Å². The van der Waals surface area contributed by atoms with E-state index in [1.165, 1.54) is 12.1 Å². The van der Waals surface area contributed by atoms with E-state index in [4.69, 9.17) is 0 Å². The van der Waals surface area contributed by atoms with Crippen molar-refractivity contribution in [3.05, 3.63) is 47.8 Å². The van der Waals surface area contributed by atoms with Gasteiger partial charge in [0.15, 0.2) is 0 Å². The molecule has 130 valence electrons. The van der Waals surface area contributed by atoms with Crippen LogP contribution in [0.4, 0.5) is 13.2 Å². The molecule has 1 aliphatic heterocycles. The van der Waals surface area contributed by atoms with Gasteiger partial charge < -0.3 is 10.6 Å². The first-order chi connectivity index (χ1) is 10.9. The Kier molecular flexibility index (Phi) is 5.51. The van der Waals surface area contributed by atoms with Gasteiger partial charge in [0.25, 0.3) is 5.91 Å². The van der Waals surface area contributed by atoms with Crippen LogP contribution in [0.25, 0.3) is 5.69 Å². The Bertz CT molecular complexity index is 711. The first-order valence-electron chi connectivity index (χ1n) is 7.18. The lowest BCUT2D eigenvalue weighted by molar-refractivity contribution is -0.142. The van der Waals surface area contributed by atoms with E-state index in [0.717, 1.165) is 29.9 Å². The number of carbonyl (C=O) groups excluding carboxylic acids is 1. The molecular weight excluding hydrogens is 345 g/mol. The Hall–Kier alpha value is -2.06. The lowest BCUT2D eigenvalue weighted by Gasteiger charge is -2.13. The van der Waals surface area contributed by atoms with Crippen LogP contribution in [-0.2, 0) is 6.18 Å². The summed E-state index contributed by atoms with van der Waals surface area (Å²) in [6, 6.07) is 6.94. The molecular formula is C15H16ClF3N4O. The third-order valence-electron chi connectivity index (χ3n) is 3.68. The molecule has 2 N–H and O–H groups in total. The van der Waals surface area contributed by atoms with E-state index in [-0.39, 0.29) is 30.0 Å². The zero-order valence-electron chi connectivity index (χ0n) is 12.5. The molecule has 0 saturated carbocycles. The van der Waals surface area contributed by atoms with Crippen LogP contribution in [0, 0.1) is 0 Å². The number of benzene rings is 1. The highest BCUT2D eigenvalue weighted by Gasteiger charge is 2.35. The van der Waals surface area contributed by atoms with E-state index in [1.807, 2.05) is 0 Å². The number of nitrogens with one attached hydrogen (secondary N) is 2. The number of hydrogen-bond acceptors (Lipinski definition) is 3. The SMILES string of the molecule is Cl.O=C(NC1CCNC1)c1cccc(-n2nccc2C(F)(F)F)c1. The monoisotopic (exact) mass is 360 g/mol. The molecule has 0 spiro atoms. The van der Waals surface area contributed by atoms with Crippen molar-refractivity contribution in [3.63, 3.8) is 0 Å². The topological polar surface area (TPSA) is 59.0 Å². The van der Waals surface area contributed by atoms with E-state index in [9.17, 15) is 18.0 Å². The number of aromatic nitrogens is 2. The normalized spacial score (nSPS) is 17.4. The van der Waals surface area contributed by atoms with Crippen LogP contribution >= 0.6 is 12.4 Å². The van der Waals surface area contributed by atoms with Gasteiger partial charge in [0.05, 0.1) is 11.9 Å². The van der Waals surface area contributed by atoms with Crippen molar-refractivity contribution < 1.29 is 18.0 Å². The summed E-state index contributed by atoms with van der Waals surface area (Å²) in [5.74, 6) is -0.304. The quantitative estimate of drug-likeness (QED) is 0.883. The number of hydrogen-bond donors (Lipinski definition) is 2. The molecule has 0 aliphatic carbocycles. The predicted octanol–water partition coefficient (Wildman–Crippen LogP) is 2.40. The number of rotatable bonds is 3. The molecule has 3 rings (SSSR count). The second-order valence-corrected chi connectivity index (χ2v) is 5.34. The van der Waals surface area contributed by atoms with Crippen molar-refractivity contribution >= 4 is 18.3 Å². The molecule has 1 aromatic heterocycles. The molecule has 1 unspecified atom stereocenters. The van der Waals surface area contributed by atoms with Gasteiger partial charge in [0.1, 0.15) is 5.69 Å². The van der Waals surface area contributed by atoms with Crippen LogP contribution in [0.3, 0.4) is 0 Å². The standard InChI is InChI=1S/C15H15F3N4O.ClH/c16-15(17,18)13-5-7-20-22(13)12-3-1-2-10(8-12)14(23)21-11-4-6-19-9-11;/h1-3,5,7-8,11,19H,4,6,9H2,(H,21,23);1H. The van der Waals surface area contributed by atoms with Crippen molar-refractivity contribution in [1.82, 2.24) is 20.4 Å². The average molecular weight is 361 g/mol. The van der Waals surface area contributed by atoms with Gasteiger partial charge in [-0.15, -0.1) is 12.4 Å². The summed E-state index contributed by atoms with van der Waals surface area (Å²) >= 11 is 0. The molecule has 1 atom stereocenters. The van der Waals surface area contributed by atoms with E-state index in [1.54, 1.807) is 12.1 Å². The molecule has 1 fully saturated rings. The van der Waals surface area contributed by atoms with Crippen molar-refractivity contribution in [2.45, 2.75) is 18.6 Å². The smallest absolute Gasteiger partial charge is 0.348 e. The average Bonchev–Trinajstić information content (AvgIpc) is 3.18. The minimum atomic E-state index is -4.51. The summed E-state index contributed by atoms with van der Waals surface area (Å²) in [7, 11) is 0. The fraction of sp³-hybridized carbons (Fsp3) is 0.333. The largest absolute Gasteiger partial charge is 0.433 e. The van der Waals surface area contributed by atoms with Crippen LogP contribution in [0.15, 0.2) is 36.5 Å². The van der Waals surface area contributed by atoms with E-state index < -0.39 is 11.9 Å².